The number of benzene rings is 1. The van der Waals surface area contributed by atoms with E-state index in [1.54, 1.807) is 0 Å². The van der Waals surface area contributed by atoms with Gasteiger partial charge >= 0.3 is 0 Å². The number of aliphatic imine (C=N–C) groups is 1. The van der Waals surface area contributed by atoms with Gasteiger partial charge in [-0.25, -0.2) is 0 Å². The third kappa shape index (κ3) is 2.97. The highest BCUT2D eigenvalue weighted by Gasteiger charge is 2.23. The van der Waals surface area contributed by atoms with Crippen LogP contribution in [0.5, 0.6) is 0 Å². The Morgan fingerprint density at radius 3 is 2.79 bits per heavy atom. The van der Waals surface area contributed by atoms with Crippen molar-refractivity contribution in [3.8, 4) is 0 Å². The van der Waals surface area contributed by atoms with E-state index in [1.807, 2.05) is 11.8 Å². The van der Waals surface area contributed by atoms with Gasteiger partial charge in [-0.2, -0.15) is 0 Å². The molecule has 2 nitrogen and oxygen atoms in total. The zero-order valence-electron chi connectivity index (χ0n) is 11.7. The fraction of sp³-hybridized carbons (Fsp3) is 0.562. The van der Waals surface area contributed by atoms with Crippen LogP contribution in [0.3, 0.4) is 0 Å². The van der Waals surface area contributed by atoms with E-state index in [4.69, 9.17) is 4.99 Å². The third-order valence-corrected chi connectivity index (χ3v) is 5.49. The van der Waals surface area contributed by atoms with Gasteiger partial charge in [0, 0.05) is 11.8 Å². The van der Waals surface area contributed by atoms with Gasteiger partial charge in [0.05, 0.1) is 6.04 Å². The van der Waals surface area contributed by atoms with E-state index in [1.165, 1.54) is 29.7 Å². The lowest BCUT2D eigenvalue weighted by Crippen LogP contribution is -2.40. The number of rotatable bonds is 1. The predicted molar refractivity (Wildman–Crippen MR) is 83.9 cm³/mol. The van der Waals surface area contributed by atoms with Crippen LogP contribution in [0.15, 0.2) is 29.3 Å². The molecule has 1 aliphatic heterocycles. The maximum absolute atomic E-state index is 4.78. The molecular formula is C16H22N2S. The van der Waals surface area contributed by atoms with Crippen LogP contribution in [0.25, 0.3) is 0 Å². The summed E-state index contributed by atoms with van der Waals surface area (Å²) in [5.74, 6) is 1.89. The van der Waals surface area contributed by atoms with E-state index >= 15 is 0 Å². The van der Waals surface area contributed by atoms with E-state index in [0.29, 0.717) is 18.0 Å². The first-order valence-corrected chi connectivity index (χ1v) is 8.25. The summed E-state index contributed by atoms with van der Waals surface area (Å²) in [5.41, 5.74) is 3.04. The molecule has 102 valence electrons. The molecule has 0 aromatic heterocycles. The zero-order valence-corrected chi connectivity index (χ0v) is 12.5. The Morgan fingerprint density at radius 1 is 1.21 bits per heavy atom. The fourth-order valence-electron chi connectivity index (χ4n) is 2.77. The summed E-state index contributed by atoms with van der Waals surface area (Å²) in [5, 5.41) is 4.82. The molecule has 0 amide bonds. The van der Waals surface area contributed by atoms with Crippen LogP contribution in [0, 0.1) is 5.92 Å². The van der Waals surface area contributed by atoms with Gasteiger partial charge in [-0.3, -0.25) is 4.99 Å². The van der Waals surface area contributed by atoms with E-state index in [-0.39, 0.29) is 0 Å². The molecule has 1 N–H and O–H groups in total. The molecule has 0 radical (unpaired) electrons. The first-order valence-electron chi connectivity index (χ1n) is 7.26. The molecular weight excluding hydrogens is 252 g/mol. The lowest BCUT2D eigenvalue weighted by molar-refractivity contribution is 0.511. The minimum absolute atomic E-state index is 0.458. The molecule has 0 saturated heterocycles. The third-order valence-electron chi connectivity index (χ3n) is 4.30. The summed E-state index contributed by atoms with van der Waals surface area (Å²) in [6.45, 7) is 4.51. The molecule has 1 heterocycles. The first kappa shape index (κ1) is 13.0. The number of nitrogens with one attached hydrogen (secondary N) is 1. The van der Waals surface area contributed by atoms with Gasteiger partial charge in [-0.05, 0) is 43.2 Å². The molecule has 0 fully saturated rings. The molecule has 1 aromatic rings. The Labute approximate surface area is 120 Å². The maximum atomic E-state index is 4.78. The summed E-state index contributed by atoms with van der Waals surface area (Å²) in [4.78, 5) is 4.78. The number of thioether (sulfide) groups is 1. The van der Waals surface area contributed by atoms with Crippen LogP contribution in [0.1, 0.15) is 31.4 Å². The van der Waals surface area contributed by atoms with Gasteiger partial charge in [-0.1, -0.05) is 43.0 Å². The summed E-state index contributed by atoms with van der Waals surface area (Å²) in [6.07, 6.45) is 3.55. The Morgan fingerprint density at radius 2 is 2.00 bits per heavy atom. The van der Waals surface area contributed by atoms with E-state index in [2.05, 4.69) is 43.4 Å². The van der Waals surface area contributed by atoms with Crippen molar-refractivity contribution in [2.24, 2.45) is 10.9 Å². The van der Waals surface area contributed by atoms with Gasteiger partial charge in [0.25, 0.3) is 0 Å². The van der Waals surface area contributed by atoms with Crippen molar-refractivity contribution in [1.82, 2.24) is 5.32 Å². The van der Waals surface area contributed by atoms with Crippen LogP contribution < -0.4 is 5.32 Å². The van der Waals surface area contributed by atoms with Crippen LogP contribution in [-0.2, 0) is 12.8 Å². The summed E-state index contributed by atoms with van der Waals surface area (Å²) >= 11 is 1.89. The monoisotopic (exact) mass is 274 g/mol. The molecule has 3 rings (SSSR count). The van der Waals surface area contributed by atoms with Gasteiger partial charge in [0.2, 0.25) is 0 Å². The van der Waals surface area contributed by atoms with Gasteiger partial charge in [0.15, 0.2) is 5.17 Å². The Balaban J connectivity index is 1.65. The fourth-order valence-corrected chi connectivity index (χ4v) is 3.96. The summed E-state index contributed by atoms with van der Waals surface area (Å²) in [6, 6.07) is 9.85. The Hall–Kier alpha value is -0.960. The van der Waals surface area contributed by atoms with Gasteiger partial charge in [0.1, 0.15) is 0 Å². The molecule has 3 atom stereocenters. The average Bonchev–Trinajstić information content (AvgIpc) is 2.43. The van der Waals surface area contributed by atoms with Crippen LogP contribution >= 0.6 is 11.8 Å². The van der Waals surface area contributed by atoms with Gasteiger partial charge < -0.3 is 5.32 Å². The number of hydrogen-bond donors (Lipinski definition) is 1. The smallest absolute Gasteiger partial charge is 0.157 e. The van der Waals surface area contributed by atoms with Crippen molar-refractivity contribution in [2.75, 3.05) is 5.75 Å². The minimum Gasteiger partial charge on any atom is -0.362 e. The van der Waals surface area contributed by atoms with Crippen molar-refractivity contribution >= 4 is 16.9 Å². The lowest BCUT2D eigenvalue weighted by Gasteiger charge is -2.30. The standard InChI is InChI=1S/C16H22N2S/c1-11-10-19-16(17-12(11)2)18-15-8-7-13-5-3-4-6-14(13)9-15/h3-6,11-12,15H,7-10H2,1-2H3,(H,17,18). The lowest BCUT2D eigenvalue weighted by atomic mass is 9.88. The van der Waals surface area contributed by atoms with Crippen LogP contribution in [0.2, 0.25) is 0 Å². The summed E-state index contributed by atoms with van der Waals surface area (Å²) < 4.78 is 0. The molecule has 3 unspecified atom stereocenters. The molecule has 0 bridgehead atoms. The predicted octanol–water partition coefficient (Wildman–Crippen LogP) is 3.26. The van der Waals surface area contributed by atoms with E-state index in [9.17, 15) is 0 Å². The van der Waals surface area contributed by atoms with E-state index in [0.717, 1.165) is 11.6 Å². The molecule has 2 aliphatic rings. The molecule has 0 saturated carbocycles. The quantitative estimate of drug-likeness (QED) is 0.850. The summed E-state index contributed by atoms with van der Waals surface area (Å²) in [7, 11) is 0. The Kier molecular flexibility index (Phi) is 3.83. The zero-order chi connectivity index (χ0) is 13.2. The average molecular weight is 274 g/mol. The number of amidine groups is 1. The number of aryl methyl sites for hydroxylation is 1. The Bertz CT molecular complexity index is 483. The highest BCUT2D eigenvalue weighted by molar-refractivity contribution is 8.13. The highest BCUT2D eigenvalue weighted by Crippen LogP contribution is 2.25. The highest BCUT2D eigenvalue weighted by atomic mass is 32.2. The number of fused-ring (bicyclic) bond motifs is 1. The second kappa shape index (κ2) is 5.58. The second-order valence-electron chi connectivity index (χ2n) is 5.82. The molecule has 1 aromatic carbocycles. The van der Waals surface area contributed by atoms with Gasteiger partial charge in [-0.15, -0.1) is 0 Å². The number of nitrogens with zero attached hydrogens (tertiary/aromatic N) is 1. The second-order valence-corrected chi connectivity index (χ2v) is 6.82. The van der Waals surface area contributed by atoms with Crippen LogP contribution in [0.4, 0.5) is 0 Å². The van der Waals surface area contributed by atoms with Crippen molar-refractivity contribution in [1.29, 1.82) is 0 Å². The van der Waals surface area contributed by atoms with Crippen LogP contribution in [-0.4, -0.2) is 23.0 Å². The van der Waals surface area contributed by atoms with E-state index < -0.39 is 0 Å². The van der Waals surface area contributed by atoms with Crippen molar-refractivity contribution in [2.45, 2.75) is 45.2 Å². The van der Waals surface area contributed by atoms with Crippen molar-refractivity contribution in [3.05, 3.63) is 35.4 Å². The molecule has 1 aliphatic carbocycles. The minimum atomic E-state index is 0.458. The first-order chi connectivity index (χ1) is 9.22. The normalized spacial score (nSPS) is 30.4. The maximum Gasteiger partial charge on any atom is 0.157 e. The largest absolute Gasteiger partial charge is 0.362 e. The molecule has 0 spiro atoms. The molecule has 19 heavy (non-hydrogen) atoms. The van der Waals surface area contributed by atoms with Crippen molar-refractivity contribution in [3.63, 3.8) is 0 Å². The SMILES string of the molecule is CC1CSC(NC2CCc3ccccc3C2)=NC1C. The number of hydrogen-bond acceptors (Lipinski definition) is 3. The molecule has 3 heteroatoms. The van der Waals surface area contributed by atoms with Crippen molar-refractivity contribution < 1.29 is 0 Å². The topological polar surface area (TPSA) is 24.4 Å².